The number of hydrogen-bond donors (Lipinski definition) is 1. The van der Waals surface area contributed by atoms with Crippen LogP contribution in [0.4, 0.5) is 0 Å². The van der Waals surface area contributed by atoms with Crippen LogP contribution in [0.25, 0.3) is 0 Å². The summed E-state index contributed by atoms with van der Waals surface area (Å²) in [6.45, 7) is 8.01. The minimum atomic E-state index is 1.06. The summed E-state index contributed by atoms with van der Waals surface area (Å²) < 4.78 is 0. The van der Waals surface area contributed by atoms with Crippen molar-refractivity contribution in [2.45, 2.75) is 51.0 Å². The zero-order valence-electron chi connectivity index (χ0n) is 11.2. The highest BCUT2D eigenvalue weighted by Gasteiger charge is 2.05. The molecule has 0 unspecified atom stereocenters. The highest BCUT2D eigenvalue weighted by atomic mass is 32.1. The first kappa shape index (κ1) is 14.6. The van der Waals surface area contributed by atoms with Crippen LogP contribution in [0, 0.1) is 0 Å². The number of benzene rings is 1. The molecule has 1 nitrogen and oxygen atoms in total. The van der Waals surface area contributed by atoms with Crippen molar-refractivity contribution >= 4 is 12.6 Å². The second-order valence-corrected chi connectivity index (χ2v) is 5.17. The van der Waals surface area contributed by atoms with Crippen LogP contribution >= 0.6 is 12.6 Å². The molecule has 0 saturated heterocycles. The van der Waals surface area contributed by atoms with Crippen molar-refractivity contribution in [1.82, 2.24) is 4.90 Å². The van der Waals surface area contributed by atoms with Gasteiger partial charge in [0, 0.05) is 11.4 Å². The van der Waals surface area contributed by atoms with Crippen LogP contribution in [0.5, 0.6) is 0 Å². The molecule has 2 heteroatoms. The minimum absolute atomic E-state index is 1.06. The number of rotatable bonds is 8. The van der Waals surface area contributed by atoms with Crippen molar-refractivity contribution in [3.05, 3.63) is 29.8 Å². The van der Waals surface area contributed by atoms with Crippen molar-refractivity contribution in [2.75, 3.05) is 13.1 Å². The standard InChI is InChI=1S/C15H25NS/c1-3-5-10-16(11-6-4-2)13-14-8-7-9-15(17)12-14/h7-9,12,17H,3-6,10-11,13H2,1-2H3. The Hall–Kier alpha value is -0.470. The van der Waals surface area contributed by atoms with Gasteiger partial charge in [0.2, 0.25) is 0 Å². The molecule has 0 bridgehead atoms. The van der Waals surface area contributed by atoms with Gasteiger partial charge >= 0.3 is 0 Å². The van der Waals surface area contributed by atoms with Gasteiger partial charge in [-0.15, -0.1) is 12.6 Å². The number of thiol groups is 1. The molecule has 0 atom stereocenters. The van der Waals surface area contributed by atoms with E-state index in [4.69, 9.17) is 0 Å². The third kappa shape index (κ3) is 6.13. The van der Waals surface area contributed by atoms with Crippen molar-refractivity contribution in [1.29, 1.82) is 0 Å². The summed E-state index contributed by atoms with van der Waals surface area (Å²) in [6.07, 6.45) is 5.14. The molecule has 0 aliphatic carbocycles. The maximum atomic E-state index is 4.40. The van der Waals surface area contributed by atoms with Gasteiger partial charge in [-0.2, -0.15) is 0 Å². The van der Waals surface area contributed by atoms with Gasteiger partial charge in [0.25, 0.3) is 0 Å². The zero-order chi connectivity index (χ0) is 12.5. The van der Waals surface area contributed by atoms with Crippen LogP contribution in [-0.2, 0) is 6.54 Å². The summed E-state index contributed by atoms with van der Waals surface area (Å²) in [6, 6.07) is 8.50. The van der Waals surface area contributed by atoms with E-state index in [1.165, 1.54) is 44.3 Å². The largest absolute Gasteiger partial charge is 0.299 e. The highest BCUT2D eigenvalue weighted by molar-refractivity contribution is 7.80. The maximum absolute atomic E-state index is 4.40. The van der Waals surface area contributed by atoms with Crippen molar-refractivity contribution in [3.63, 3.8) is 0 Å². The SMILES string of the molecule is CCCCN(CCCC)Cc1cccc(S)c1. The lowest BCUT2D eigenvalue weighted by molar-refractivity contribution is 0.257. The van der Waals surface area contributed by atoms with E-state index in [0.29, 0.717) is 0 Å². The maximum Gasteiger partial charge on any atom is 0.0234 e. The predicted octanol–water partition coefficient (Wildman–Crippen LogP) is 4.38. The van der Waals surface area contributed by atoms with Gasteiger partial charge in [0.15, 0.2) is 0 Å². The zero-order valence-corrected chi connectivity index (χ0v) is 12.0. The number of nitrogens with zero attached hydrogens (tertiary/aromatic N) is 1. The first-order valence-corrected chi connectivity index (χ1v) is 7.21. The summed E-state index contributed by atoms with van der Waals surface area (Å²) in [7, 11) is 0. The Morgan fingerprint density at radius 3 is 2.24 bits per heavy atom. The third-order valence-electron chi connectivity index (χ3n) is 2.97. The molecule has 0 aliphatic heterocycles. The fraction of sp³-hybridized carbons (Fsp3) is 0.600. The molecule has 1 aromatic carbocycles. The summed E-state index contributed by atoms with van der Waals surface area (Å²) in [5.41, 5.74) is 1.38. The molecule has 0 spiro atoms. The Morgan fingerprint density at radius 1 is 1.06 bits per heavy atom. The van der Waals surface area contributed by atoms with Gasteiger partial charge in [-0.05, 0) is 43.6 Å². The Balaban J connectivity index is 2.51. The molecule has 0 saturated carbocycles. The topological polar surface area (TPSA) is 3.24 Å². The van der Waals surface area contributed by atoms with Gasteiger partial charge in [0.05, 0.1) is 0 Å². The van der Waals surface area contributed by atoms with Crippen molar-refractivity contribution in [3.8, 4) is 0 Å². The third-order valence-corrected chi connectivity index (χ3v) is 3.25. The Morgan fingerprint density at radius 2 is 1.71 bits per heavy atom. The highest BCUT2D eigenvalue weighted by Crippen LogP contribution is 2.12. The van der Waals surface area contributed by atoms with E-state index < -0.39 is 0 Å². The summed E-state index contributed by atoms with van der Waals surface area (Å²) in [4.78, 5) is 3.63. The van der Waals surface area contributed by atoms with Gasteiger partial charge < -0.3 is 0 Å². The molecular formula is C15H25NS. The molecule has 0 amide bonds. The lowest BCUT2D eigenvalue weighted by Crippen LogP contribution is -2.25. The molecular weight excluding hydrogens is 226 g/mol. The van der Waals surface area contributed by atoms with Gasteiger partial charge in [-0.1, -0.05) is 38.8 Å². The first-order valence-electron chi connectivity index (χ1n) is 6.76. The molecule has 0 aliphatic rings. The van der Waals surface area contributed by atoms with E-state index in [0.717, 1.165) is 11.4 Å². The van der Waals surface area contributed by atoms with Crippen LogP contribution in [-0.4, -0.2) is 18.0 Å². The Bertz CT molecular complexity index is 304. The Kier molecular flexibility index (Phi) is 7.38. The average molecular weight is 251 g/mol. The summed E-state index contributed by atoms with van der Waals surface area (Å²) in [5, 5.41) is 0. The second kappa shape index (κ2) is 8.60. The van der Waals surface area contributed by atoms with Crippen LogP contribution < -0.4 is 0 Å². The molecule has 0 aromatic heterocycles. The molecule has 0 fully saturated rings. The van der Waals surface area contributed by atoms with Crippen molar-refractivity contribution in [2.24, 2.45) is 0 Å². The fourth-order valence-electron chi connectivity index (χ4n) is 1.95. The monoisotopic (exact) mass is 251 g/mol. The van der Waals surface area contributed by atoms with E-state index >= 15 is 0 Å². The van der Waals surface area contributed by atoms with Crippen LogP contribution in [0.1, 0.15) is 45.1 Å². The van der Waals surface area contributed by atoms with Crippen LogP contribution in [0.2, 0.25) is 0 Å². The van der Waals surface area contributed by atoms with Gasteiger partial charge in [0.1, 0.15) is 0 Å². The summed E-state index contributed by atoms with van der Waals surface area (Å²) in [5.74, 6) is 0. The van der Waals surface area contributed by atoms with E-state index in [1.807, 2.05) is 6.07 Å². The molecule has 0 heterocycles. The van der Waals surface area contributed by atoms with E-state index in [1.54, 1.807) is 0 Å². The second-order valence-electron chi connectivity index (χ2n) is 4.65. The van der Waals surface area contributed by atoms with Crippen molar-refractivity contribution < 1.29 is 0 Å². The lowest BCUT2D eigenvalue weighted by atomic mass is 10.2. The average Bonchev–Trinajstić information content (AvgIpc) is 2.32. The van der Waals surface area contributed by atoms with Gasteiger partial charge in [-0.3, -0.25) is 4.90 Å². The predicted molar refractivity (Wildman–Crippen MR) is 78.8 cm³/mol. The number of unbranched alkanes of at least 4 members (excludes halogenated alkanes) is 2. The van der Waals surface area contributed by atoms with Gasteiger partial charge in [-0.25, -0.2) is 0 Å². The Labute approximate surface area is 112 Å². The van der Waals surface area contributed by atoms with E-state index in [9.17, 15) is 0 Å². The molecule has 96 valence electrons. The van der Waals surface area contributed by atoms with Crippen LogP contribution in [0.3, 0.4) is 0 Å². The normalized spacial score (nSPS) is 11.1. The smallest absolute Gasteiger partial charge is 0.0234 e. The number of hydrogen-bond acceptors (Lipinski definition) is 2. The van der Waals surface area contributed by atoms with Crippen LogP contribution in [0.15, 0.2) is 29.2 Å². The molecule has 1 rings (SSSR count). The molecule has 0 N–H and O–H groups in total. The molecule has 0 radical (unpaired) electrons. The molecule has 1 aromatic rings. The minimum Gasteiger partial charge on any atom is -0.299 e. The van der Waals surface area contributed by atoms with E-state index in [2.05, 4.69) is 49.6 Å². The molecule has 17 heavy (non-hydrogen) atoms. The first-order chi connectivity index (χ1) is 8.26. The quantitative estimate of drug-likeness (QED) is 0.671. The lowest BCUT2D eigenvalue weighted by Gasteiger charge is -2.22. The summed E-state index contributed by atoms with van der Waals surface area (Å²) >= 11 is 4.40. The fourth-order valence-corrected chi connectivity index (χ4v) is 2.20. The van der Waals surface area contributed by atoms with E-state index in [-0.39, 0.29) is 0 Å².